The van der Waals surface area contributed by atoms with Crippen LogP contribution in [0.1, 0.15) is 24.2 Å². The van der Waals surface area contributed by atoms with Crippen LogP contribution in [-0.2, 0) is 14.3 Å². The van der Waals surface area contributed by atoms with E-state index < -0.39 is 24.6 Å². The molecule has 0 saturated carbocycles. The van der Waals surface area contributed by atoms with Gasteiger partial charge >= 0.3 is 11.9 Å². The van der Waals surface area contributed by atoms with Crippen LogP contribution in [-0.4, -0.2) is 48.1 Å². The summed E-state index contributed by atoms with van der Waals surface area (Å²) in [5.74, 6) is -2.01. The number of aliphatic hydroxyl groups is 2. The SMILES string of the molecule is CCOCC.O=C(OC(=O)C(O)CO)c1ccccc1. The summed E-state index contributed by atoms with van der Waals surface area (Å²) >= 11 is 0. The van der Waals surface area contributed by atoms with E-state index in [1.807, 2.05) is 13.8 Å². The van der Waals surface area contributed by atoms with E-state index in [1.54, 1.807) is 18.2 Å². The molecule has 0 fully saturated rings. The second kappa shape index (κ2) is 11.1. The molecule has 0 aliphatic rings. The minimum absolute atomic E-state index is 0.205. The molecule has 0 saturated heterocycles. The minimum Gasteiger partial charge on any atom is -0.393 e. The number of hydrogen-bond acceptors (Lipinski definition) is 6. The summed E-state index contributed by atoms with van der Waals surface area (Å²) in [4.78, 5) is 22.1. The number of rotatable bonds is 5. The smallest absolute Gasteiger partial charge is 0.345 e. The van der Waals surface area contributed by atoms with Crippen LogP contribution in [0.15, 0.2) is 30.3 Å². The molecule has 0 heterocycles. The van der Waals surface area contributed by atoms with Crippen LogP contribution in [0.2, 0.25) is 0 Å². The van der Waals surface area contributed by atoms with Gasteiger partial charge in [0, 0.05) is 13.2 Å². The van der Waals surface area contributed by atoms with Crippen LogP contribution in [0.25, 0.3) is 0 Å². The molecule has 2 N–H and O–H groups in total. The Morgan fingerprint density at radius 3 is 2.10 bits per heavy atom. The van der Waals surface area contributed by atoms with E-state index in [2.05, 4.69) is 4.74 Å². The Hall–Kier alpha value is -1.76. The molecule has 6 heteroatoms. The first-order valence-corrected chi connectivity index (χ1v) is 6.24. The molecule has 0 bridgehead atoms. The van der Waals surface area contributed by atoms with Gasteiger partial charge in [-0.2, -0.15) is 0 Å². The van der Waals surface area contributed by atoms with Crippen molar-refractivity contribution < 1.29 is 29.3 Å². The fraction of sp³-hybridized carbons (Fsp3) is 0.429. The highest BCUT2D eigenvalue weighted by Crippen LogP contribution is 2.02. The van der Waals surface area contributed by atoms with Crippen molar-refractivity contribution >= 4 is 11.9 Å². The highest BCUT2D eigenvalue weighted by molar-refractivity contribution is 5.97. The van der Waals surface area contributed by atoms with E-state index in [4.69, 9.17) is 14.9 Å². The Bertz CT molecular complexity index is 388. The van der Waals surface area contributed by atoms with Gasteiger partial charge in [0.1, 0.15) is 0 Å². The Morgan fingerprint density at radius 2 is 1.70 bits per heavy atom. The third kappa shape index (κ3) is 7.63. The molecule has 1 aromatic carbocycles. The zero-order valence-electron chi connectivity index (χ0n) is 11.6. The van der Waals surface area contributed by atoms with Crippen molar-refractivity contribution in [3.8, 4) is 0 Å². The van der Waals surface area contributed by atoms with Gasteiger partial charge in [0.2, 0.25) is 0 Å². The monoisotopic (exact) mass is 284 g/mol. The van der Waals surface area contributed by atoms with E-state index in [-0.39, 0.29) is 5.56 Å². The van der Waals surface area contributed by atoms with Crippen molar-refractivity contribution in [2.45, 2.75) is 20.0 Å². The summed E-state index contributed by atoms with van der Waals surface area (Å²) in [6, 6.07) is 7.89. The first-order chi connectivity index (χ1) is 9.56. The van der Waals surface area contributed by atoms with Gasteiger partial charge in [-0.1, -0.05) is 18.2 Å². The number of carbonyl (C=O) groups is 2. The lowest BCUT2D eigenvalue weighted by Crippen LogP contribution is -2.28. The molecule has 0 spiro atoms. The number of hydrogen-bond donors (Lipinski definition) is 2. The van der Waals surface area contributed by atoms with Crippen LogP contribution >= 0.6 is 0 Å². The Kier molecular flexibility index (Phi) is 10.1. The summed E-state index contributed by atoms with van der Waals surface area (Å²) in [5, 5.41) is 17.3. The zero-order valence-corrected chi connectivity index (χ0v) is 11.6. The Labute approximate surface area is 117 Å². The predicted molar refractivity (Wildman–Crippen MR) is 72.1 cm³/mol. The summed E-state index contributed by atoms with van der Waals surface area (Å²) < 4.78 is 9.13. The van der Waals surface area contributed by atoms with Crippen molar-refractivity contribution in [1.29, 1.82) is 0 Å². The van der Waals surface area contributed by atoms with Crippen molar-refractivity contribution in [3.05, 3.63) is 35.9 Å². The van der Waals surface area contributed by atoms with Gasteiger partial charge in [-0.3, -0.25) is 0 Å². The number of aliphatic hydroxyl groups excluding tert-OH is 2. The normalized spacial score (nSPS) is 11.0. The number of esters is 2. The highest BCUT2D eigenvalue weighted by atomic mass is 16.6. The van der Waals surface area contributed by atoms with Gasteiger partial charge in [-0.15, -0.1) is 0 Å². The minimum atomic E-state index is -1.68. The lowest BCUT2D eigenvalue weighted by atomic mass is 10.2. The number of carbonyl (C=O) groups excluding carboxylic acids is 2. The average molecular weight is 284 g/mol. The van der Waals surface area contributed by atoms with E-state index in [0.717, 1.165) is 13.2 Å². The van der Waals surface area contributed by atoms with E-state index in [0.29, 0.717) is 0 Å². The first-order valence-electron chi connectivity index (χ1n) is 6.24. The lowest BCUT2D eigenvalue weighted by Gasteiger charge is -2.05. The molecule has 0 aliphatic heterocycles. The standard InChI is InChI=1S/C10H10O5.C4H10O/c11-6-8(12)10(14)15-9(13)7-4-2-1-3-5-7;1-3-5-4-2/h1-5,8,11-12H,6H2;3-4H2,1-2H3. The molecule has 0 aromatic heterocycles. The van der Waals surface area contributed by atoms with Gasteiger partial charge in [-0.05, 0) is 26.0 Å². The Morgan fingerprint density at radius 1 is 1.15 bits per heavy atom. The zero-order chi connectivity index (χ0) is 15.4. The largest absolute Gasteiger partial charge is 0.393 e. The molecule has 1 aromatic rings. The predicted octanol–water partition coefficient (Wildman–Crippen LogP) is 0.766. The highest BCUT2D eigenvalue weighted by Gasteiger charge is 2.19. The lowest BCUT2D eigenvalue weighted by molar-refractivity contribution is -0.149. The molecule has 1 rings (SSSR count). The van der Waals surface area contributed by atoms with Crippen LogP contribution in [0, 0.1) is 0 Å². The molecule has 6 nitrogen and oxygen atoms in total. The second-order valence-electron chi connectivity index (χ2n) is 3.55. The maximum absolute atomic E-state index is 11.2. The second-order valence-corrected chi connectivity index (χ2v) is 3.55. The number of ether oxygens (including phenoxy) is 2. The van der Waals surface area contributed by atoms with Gasteiger partial charge in [-0.25, -0.2) is 9.59 Å². The third-order valence-corrected chi connectivity index (χ3v) is 2.06. The quantitative estimate of drug-likeness (QED) is 0.612. The summed E-state index contributed by atoms with van der Waals surface area (Å²) in [5.41, 5.74) is 0.205. The maximum Gasteiger partial charge on any atom is 0.345 e. The van der Waals surface area contributed by atoms with Gasteiger partial charge in [0.05, 0.1) is 12.2 Å². The topological polar surface area (TPSA) is 93.1 Å². The van der Waals surface area contributed by atoms with Crippen LogP contribution < -0.4 is 0 Å². The van der Waals surface area contributed by atoms with E-state index >= 15 is 0 Å². The molecule has 1 atom stereocenters. The fourth-order valence-corrected chi connectivity index (χ4v) is 1.07. The molecule has 0 radical (unpaired) electrons. The molecule has 0 aliphatic carbocycles. The van der Waals surface area contributed by atoms with Crippen molar-refractivity contribution in [3.63, 3.8) is 0 Å². The van der Waals surface area contributed by atoms with Gasteiger partial charge in [0.25, 0.3) is 0 Å². The van der Waals surface area contributed by atoms with Crippen molar-refractivity contribution in [1.82, 2.24) is 0 Å². The van der Waals surface area contributed by atoms with Crippen LogP contribution in [0.3, 0.4) is 0 Å². The molecule has 1 unspecified atom stereocenters. The Balaban J connectivity index is 0.000000621. The summed E-state index contributed by atoms with van der Waals surface area (Å²) in [6.07, 6.45) is -1.68. The molecule has 0 amide bonds. The molecular weight excluding hydrogens is 264 g/mol. The maximum atomic E-state index is 11.2. The molecule has 20 heavy (non-hydrogen) atoms. The summed E-state index contributed by atoms with van der Waals surface area (Å²) in [7, 11) is 0. The molecular formula is C14H20O6. The number of benzene rings is 1. The van der Waals surface area contributed by atoms with Crippen LogP contribution in [0.4, 0.5) is 0 Å². The average Bonchev–Trinajstić information content (AvgIpc) is 2.48. The van der Waals surface area contributed by atoms with Crippen LogP contribution in [0.5, 0.6) is 0 Å². The van der Waals surface area contributed by atoms with Gasteiger partial charge < -0.3 is 19.7 Å². The summed E-state index contributed by atoms with van der Waals surface area (Å²) in [6.45, 7) is 4.89. The van der Waals surface area contributed by atoms with Crippen molar-refractivity contribution in [2.75, 3.05) is 19.8 Å². The molecule has 112 valence electrons. The van der Waals surface area contributed by atoms with E-state index in [1.165, 1.54) is 12.1 Å². The van der Waals surface area contributed by atoms with Gasteiger partial charge in [0.15, 0.2) is 6.10 Å². The first kappa shape index (κ1) is 18.2. The third-order valence-electron chi connectivity index (χ3n) is 2.06. The van der Waals surface area contributed by atoms with E-state index in [9.17, 15) is 9.59 Å². The van der Waals surface area contributed by atoms with Crippen molar-refractivity contribution in [2.24, 2.45) is 0 Å². The fourth-order valence-electron chi connectivity index (χ4n) is 1.07.